The largest absolute Gasteiger partial charge is 0.379 e. The second kappa shape index (κ2) is 5.57. The summed E-state index contributed by atoms with van der Waals surface area (Å²) in [5, 5.41) is 3.96. The SMILES string of the molecule is CCCC(OC)c1noc(C2COCC2N)n1. The van der Waals surface area contributed by atoms with Crippen LogP contribution in [-0.2, 0) is 9.47 Å². The van der Waals surface area contributed by atoms with Gasteiger partial charge >= 0.3 is 0 Å². The van der Waals surface area contributed by atoms with E-state index in [0.717, 1.165) is 12.8 Å². The van der Waals surface area contributed by atoms with Gasteiger partial charge in [-0.2, -0.15) is 4.98 Å². The van der Waals surface area contributed by atoms with E-state index in [-0.39, 0.29) is 18.1 Å². The van der Waals surface area contributed by atoms with Crippen molar-refractivity contribution in [2.75, 3.05) is 20.3 Å². The molecular weight excluding hydrogens is 222 g/mol. The van der Waals surface area contributed by atoms with Gasteiger partial charge in [0.25, 0.3) is 0 Å². The highest BCUT2D eigenvalue weighted by Gasteiger charge is 2.32. The topological polar surface area (TPSA) is 83.4 Å². The van der Waals surface area contributed by atoms with Crippen LogP contribution in [0.2, 0.25) is 0 Å². The van der Waals surface area contributed by atoms with Crippen molar-refractivity contribution in [2.24, 2.45) is 5.73 Å². The van der Waals surface area contributed by atoms with Crippen molar-refractivity contribution >= 4 is 0 Å². The monoisotopic (exact) mass is 241 g/mol. The van der Waals surface area contributed by atoms with Crippen molar-refractivity contribution in [3.05, 3.63) is 11.7 Å². The second-order valence-corrected chi connectivity index (χ2v) is 4.31. The van der Waals surface area contributed by atoms with Crippen molar-refractivity contribution < 1.29 is 14.0 Å². The molecule has 96 valence electrons. The molecule has 0 spiro atoms. The molecule has 1 aromatic heterocycles. The number of hydrogen-bond acceptors (Lipinski definition) is 6. The predicted octanol–water partition coefficient (Wildman–Crippen LogP) is 0.998. The van der Waals surface area contributed by atoms with Gasteiger partial charge in [-0.05, 0) is 6.42 Å². The van der Waals surface area contributed by atoms with Gasteiger partial charge in [0, 0.05) is 13.2 Å². The highest BCUT2D eigenvalue weighted by molar-refractivity contribution is 5.02. The van der Waals surface area contributed by atoms with Gasteiger partial charge in [0.1, 0.15) is 6.10 Å². The van der Waals surface area contributed by atoms with Gasteiger partial charge in [-0.25, -0.2) is 0 Å². The molecular formula is C11H19N3O3. The molecule has 0 radical (unpaired) electrons. The first-order valence-corrected chi connectivity index (χ1v) is 5.95. The maximum atomic E-state index is 5.90. The van der Waals surface area contributed by atoms with E-state index < -0.39 is 0 Å². The summed E-state index contributed by atoms with van der Waals surface area (Å²) in [5.41, 5.74) is 5.90. The molecule has 1 aliphatic rings. The molecule has 0 amide bonds. The van der Waals surface area contributed by atoms with Crippen molar-refractivity contribution in [1.29, 1.82) is 0 Å². The molecule has 0 aliphatic carbocycles. The lowest BCUT2D eigenvalue weighted by molar-refractivity contribution is 0.0854. The Morgan fingerprint density at radius 2 is 2.35 bits per heavy atom. The number of nitrogens with two attached hydrogens (primary N) is 1. The molecule has 3 unspecified atom stereocenters. The molecule has 1 saturated heterocycles. The van der Waals surface area contributed by atoms with Crippen LogP contribution < -0.4 is 5.73 Å². The van der Waals surface area contributed by atoms with Crippen LogP contribution >= 0.6 is 0 Å². The summed E-state index contributed by atoms with van der Waals surface area (Å²) < 4.78 is 15.9. The maximum absolute atomic E-state index is 5.90. The summed E-state index contributed by atoms with van der Waals surface area (Å²) in [6, 6.07) is -0.0597. The number of methoxy groups -OCH3 is 1. The predicted molar refractivity (Wildman–Crippen MR) is 60.5 cm³/mol. The van der Waals surface area contributed by atoms with Crippen molar-refractivity contribution in [3.8, 4) is 0 Å². The number of ether oxygens (including phenoxy) is 2. The van der Waals surface area contributed by atoms with Crippen LogP contribution in [0, 0.1) is 0 Å². The highest BCUT2D eigenvalue weighted by Crippen LogP contribution is 2.25. The second-order valence-electron chi connectivity index (χ2n) is 4.31. The average molecular weight is 241 g/mol. The zero-order chi connectivity index (χ0) is 12.3. The fourth-order valence-electron chi connectivity index (χ4n) is 1.97. The Balaban J connectivity index is 2.09. The minimum atomic E-state index is -0.101. The maximum Gasteiger partial charge on any atom is 0.233 e. The Bertz CT molecular complexity index is 355. The normalized spacial score (nSPS) is 26.3. The molecule has 1 aromatic rings. The van der Waals surface area contributed by atoms with Gasteiger partial charge in [0.2, 0.25) is 11.7 Å². The van der Waals surface area contributed by atoms with Crippen molar-refractivity contribution in [2.45, 2.75) is 37.8 Å². The van der Waals surface area contributed by atoms with E-state index in [4.69, 9.17) is 19.7 Å². The number of aromatic nitrogens is 2. The van der Waals surface area contributed by atoms with Crippen LogP contribution in [0.4, 0.5) is 0 Å². The summed E-state index contributed by atoms with van der Waals surface area (Å²) in [6.07, 6.45) is 1.79. The Morgan fingerprint density at radius 3 is 2.94 bits per heavy atom. The first kappa shape index (κ1) is 12.5. The van der Waals surface area contributed by atoms with E-state index in [2.05, 4.69) is 17.1 Å². The first-order valence-electron chi connectivity index (χ1n) is 5.95. The zero-order valence-corrected chi connectivity index (χ0v) is 10.3. The molecule has 1 aliphatic heterocycles. The van der Waals surface area contributed by atoms with E-state index in [0.29, 0.717) is 24.9 Å². The van der Waals surface area contributed by atoms with E-state index >= 15 is 0 Å². The fraction of sp³-hybridized carbons (Fsp3) is 0.818. The molecule has 17 heavy (non-hydrogen) atoms. The zero-order valence-electron chi connectivity index (χ0n) is 10.3. The third-order valence-corrected chi connectivity index (χ3v) is 3.02. The van der Waals surface area contributed by atoms with Crippen molar-refractivity contribution in [3.63, 3.8) is 0 Å². The molecule has 2 rings (SSSR count). The molecule has 3 atom stereocenters. The lowest BCUT2D eigenvalue weighted by atomic mass is 10.1. The summed E-state index contributed by atoms with van der Waals surface area (Å²) >= 11 is 0. The van der Waals surface area contributed by atoms with Crippen LogP contribution in [0.5, 0.6) is 0 Å². The molecule has 2 heterocycles. The third kappa shape index (κ3) is 2.65. The summed E-state index contributed by atoms with van der Waals surface area (Å²) in [6.45, 7) is 3.19. The van der Waals surface area contributed by atoms with E-state index in [1.165, 1.54) is 0 Å². The minimum Gasteiger partial charge on any atom is -0.379 e. The molecule has 2 N–H and O–H groups in total. The van der Waals surface area contributed by atoms with Crippen LogP contribution in [0.25, 0.3) is 0 Å². The van der Waals surface area contributed by atoms with Gasteiger partial charge in [-0.3, -0.25) is 0 Å². The third-order valence-electron chi connectivity index (χ3n) is 3.02. The summed E-state index contributed by atoms with van der Waals surface area (Å²) in [4.78, 5) is 4.37. The first-order chi connectivity index (χ1) is 8.26. The average Bonchev–Trinajstić information content (AvgIpc) is 2.94. The Hall–Kier alpha value is -0.980. The Labute approximate surface area is 100 Å². The van der Waals surface area contributed by atoms with Gasteiger partial charge in [-0.15, -0.1) is 0 Å². The standard InChI is InChI=1S/C11H19N3O3/c1-3-4-9(15-2)10-13-11(17-14-10)7-5-16-6-8(7)12/h7-9H,3-6,12H2,1-2H3. The van der Waals surface area contributed by atoms with Gasteiger partial charge in [0.15, 0.2) is 0 Å². The molecule has 6 nitrogen and oxygen atoms in total. The summed E-state index contributed by atoms with van der Waals surface area (Å²) in [5.74, 6) is 1.17. The molecule has 6 heteroatoms. The smallest absolute Gasteiger partial charge is 0.233 e. The minimum absolute atomic E-state index is 0.00961. The lowest BCUT2D eigenvalue weighted by Gasteiger charge is -2.09. The lowest BCUT2D eigenvalue weighted by Crippen LogP contribution is -2.27. The highest BCUT2D eigenvalue weighted by atomic mass is 16.5. The quantitative estimate of drug-likeness (QED) is 0.828. The molecule has 0 bridgehead atoms. The number of rotatable bonds is 5. The van der Waals surface area contributed by atoms with Gasteiger partial charge < -0.3 is 19.7 Å². The number of hydrogen-bond donors (Lipinski definition) is 1. The Morgan fingerprint density at radius 1 is 1.53 bits per heavy atom. The molecule has 0 aromatic carbocycles. The fourth-order valence-corrected chi connectivity index (χ4v) is 1.97. The van der Waals surface area contributed by atoms with Crippen LogP contribution in [0.3, 0.4) is 0 Å². The number of nitrogens with zero attached hydrogens (tertiary/aromatic N) is 2. The van der Waals surface area contributed by atoms with Gasteiger partial charge in [-0.1, -0.05) is 18.5 Å². The van der Waals surface area contributed by atoms with Crippen molar-refractivity contribution in [1.82, 2.24) is 10.1 Å². The van der Waals surface area contributed by atoms with E-state index in [1.807, 2.05) is 0 Å². The van der Waals surface area contributed by atoms with E-state index in [9.17, 15) is 0 Å². The van der Waals surface area contributed by atoms with Crippen LogP contribution in [-0.4, -0.2) is 36.5 Å². The van der Waals surface area contributed by atoms with Crippen LogP contribution in [0.15, 0.2) is 4.52 Å². The molecule has 0 saturated carbocycles. The van der Waals surface area contributed by atoms with E-state index in [1.54, 1.807) is 7.11 Å². The summed E-state index contributed by atoms with van der Waals surface area (Å²) in [7, 11) is 1.65. The van der Waals surface area contributed by atoms with Crippen LogP contribution in [0.1, 0.15) is 43.5 Å². The Kier molecular flexibility index (Phi) is 4.09. The molecule has 1 fully saturated rings. The van der Waals surface area contributed by atoms with Gasteiger partial charge in [0.05, 0.1) is 19.1 Å².